The predicted molar refractivity (Wildman–Crippen MR) is 77.2 cm³/mol. The molecular weight excluding hydrogens is 319 g/mol. The molecule has 0 unspecified atom stereocenters. The highest BCUT2D eigenvalue weighted by Crippen LogP contribution is 2.24. The highest BCUT2D eigenvalue weighted by molar-refractivity contribution is 7.89. The van der Waals surface area contributed by atoms with Crippen LogP contribution in [0.5, 0.6) is 0 Å². The molecule has 1 amide bonds. The van der Waals surface area contributed by atoms with Crippen LogP contribution in [-0.4, -0.2) is 14.3 Å². The third kappa shape index (κ3) is 3.78. The smallest absolute Gasteiger partial charge is 0.255 e. The van der Waals surface area contributed by atoms with E-state index < -0.39 is 21.7 Å². The molecule has 0 aliphatic heterocycles. The Morgan fingerprint density at radius 1 is 1.14 bits per heavy atom. The lowest BCUT2D eigenvalue weighted by Crippen LogP contribution is -2.14. The summed E-state index contributed by atoms with van der Waals surface area (Å²) < 4.78 is 35.2. The number of hydrogen-bond donors (Lipinski definition) is 2. The summed E-state index contributed by atoms with van der Waals surface area (Å²) in [6.07, 6.45) is 0. The van der Waals surface area contributed by atoms with Gasteiger partial charge in [0.1, 0.15) is 10.7 Å². The van der Waals surface area contributed by atoms with Gasteiger partial charge in [0, 0.05) is 11.3 Å². The van der Waals surface area contributed by atoms with Crippen molar-refractivity contribution in [3.63, 3.8) is 0 Å². The van der Waals surface area contributed by atoms with Crippen molar-refractivity contribution in [2.75, 3.05) is 5.32 Å². The number of rotatable bonds is 3. The monoisotopic (exact) mass is 328 g/mol. The largest absolute Gasteiger partial charge is 0.322 e. The second kappa shape index (κ2) is 5.80. The Balaban J connectivity index is 2.22. The van der Waals surface area contributed by atoms with E-state index in [0.29, 0.717) is 5.69 Å². The van der Waals surface area contributed by atoms with E-state index in [1.165, 1.54) is 30.3 Å². The molecule has 0 aliphatic carbocycles. The molecule has 0 radical (unpaired) electrons. The van der Waals surface area contributed by atoms with Gasteiger partial charge in [0.25, 0.3) is 5.91 Å². The first kappa shape index (κ1) is 15.4. The van der Waals surface area contributed by atoms with Gasteiger partial charge in [-0.15, -0.1) is 0 Å². The van der Waals surface area contributed by atoms with E-state index in [0.717, 1.165) is 12.1 Å². The molecule has 0 saturated carbocycles. The summed E-state index contributed by atoms with van der Waals surface area (Å²) in [6.45, 7) is 0. The van der Waals surface area contributed by atoms with Crippen molar-refractivity contribution < 1.29 is 17.6 Å². The second-order valence-electron chi connectivity index (χ2n) is 4.15. The Morgan fingerprint density at radius 3 is 2.29 bits per heavy atom. The molecule has 0 aliphatic rings. The first-order chi connectivity index (χ1) is 9.77. The number of nitrogens with one attached hydrogen (secondary N) is 1. The lowest BCUT2D eigenvalue weighted by molar-refractivity contribution is 0.102. The van der Waals surface area contributed by atoms with Gasteiger partial charge in [0.15, 0.2) is 0 Å². The number of sulfonamides is 1. The Labute approximate surface area is 125 Å². The summed E-state index contributed by atoms with van der Waals surface area (Å²) in [4.78, 5) is 11.7. The number of hydrogen-bond acceptors (Lipinski definition) is 3. The van der Waals surface area contributed by atoms with Crippen LogP contribution in [0.15, 0.2) is 47.4 Å². The minimum atomic E-state index is -3.92. The van der Waals surface area contributed by atoms with Gasteiger partial charge in [0.05, 0.1) is 5.02 Å². The number of carbonyl (C=O) groups is 1. The minimum Gasteiger partial charge on any atom is -0.322 e. The van der Waals surface area contributed by atoms with Crippen molar-refractivity contribution in [1.29, 1.82) is 0 Å². The number of carbonyl (C=O) groups excluding carboxylic acids is 1. The fourth-order valence-electron chi connectivity index (χ4n) is 1.61. The van der Waals surface area contributed by atoms with Gasteiger partial charge in [0.2, 0.25) is 10.0 Å². The third-order valence-electron chi connectivity index (χ3n) is 2.60. The molecule has 110 valence electrons. The average Bonchev–Trinajstić information content (AvgIpc) is 2.37. The van der Waals surface area contributed by atoms with Gasteiger partial charge in [-0.25, -0.2) is 17.9 Å². The summed E-state index contributed by atoms with van der Waals surface area (Å²) in [5, 5.41) is 7.39. The van der Waals surface area contributed by atoms with Crippen molar-refractivity contribution in [3.8, 4) is 0 Å². The Morgan fingerprint density at radius 2 is 1.76 bits per heavy atom. The summed E-state index contributed by atoms with van der Waals surface area (Å²) in [6, 6.07) is 8.78. The van der Waals surface area contributed by atoms with Crippen LogP contribution in [0.1, 0.15) is 10.4 Å². The maximum atomic E-state index is 12.8. The van der Waals surface area contributed by atoms with E-state index in [9.17, 15) is 17.6 Å². The van der Waals surface area contributed by atoms with E-state index in [-0.39, 0.29) is 15.5 Å². The van der Waals surface area contributed by atoms with E-state index in [4.69, 9.17) is 16.7 Å². The number of anilines is 1. The van der Waals surface area contributed by atoms with E-state index >= 15 is 0 Å². The van der Waals surface area contributed by atoms with Crippen LogP contribution >= 0.6 is 11.6 Å². The molecular formula is C13H10ClFN2O3S. The zero-order chi connectivity index (χ0) is 15.6. The zero-order valence-corrected chi connectivity index (χ0v) is 12.1. The van der Waals surface area contributed by atoms with Crippen LogP contribution in [0, 0.1) is 5.82 Å². The van der Waals surface area contributed by atoms with Gasteiger partial charge in [-0.05, 0) is 42.5 Å². The number of benzene rings is 2. The average molecular weight is 329 g/mol. The normalized spacial score (nSPS) is 11.2. The van der Waals surface area contributed by atoms with Crippen molar-refractivity contribution >= 4 is 33.2 Å². The Hall–Kier alpha value is -1.96. The first-order valence-electron chi connectivity index (χ1n) is 5.66. The molecule has 0 atom stereocenters. The summed E-state index contributed by atoms with van der Waals surface area (Å²) in [5.74, 6) is -0.929. The van der Waals surface area contributed by atoms with Crippen LogP contribution in [0.25, 0.3) is 0 Å². The quantitative estimate of drug-likeness (QED) is 0.906. The lowest BCUT2D eigenvalue weighted by atomic mass is 10.2. The van der Waals surface area contributed by atoms with E-state index in [1.807, 2.05) is 0 Å². The molecule has 8 heteroatoms. The minimum absolute atomic E-state index is 0.102. The van der Waals surface area contributed by atoms with Crippen molar-refractivity contribution in [2.24, 2.45) is 5.14 Å². The summed E-state index contributed by atoms with van der Waals surface area (Å²) >= 11 is 5.80. The third-order valence-corrected chi connectivity index (χ3v) is 4.00. The molecule has 0 aromatic heterocycles. The van der Waals surface area contributed by atoms with Gasteiger partial charge < -0.3 is 5.32 Å². The van der Waals surface area contributed by atoms with Gasteiger partial charge in [-0.2, -0.15) is 0 Å². The highest BCUT2D eigenvalue weighted by Gasteiger charge is 2.14. The lowest BCUT2D eigenvalue weighted by Gasteiger charge is -2.07. The molecule has 0 spiro atoms. The molecule has 2 rings (SSSR count). The summed E-state index contributed by atoms with van der Waals surface area (Å²) in [7, 11) is -3.92. The van der Waals surface area contributed by atoms with E-state index in [1.54, 1.807) is 0 Å². The van der Waals surface area contributed by atoms with Crippen molar-refractivity contribution in [1.82, 2.24) is 0 Å². The SMILES string of the molecule is NS(=O)(=O)c1ccc(NC(=O)c2ccc(F)cc2)cc1Cl. The van der Waals surface area contributed by atoms with Crippen molar-refractivity contribution in [3.05, 3.63) is 58.9 Å². The van der Waals surface area contributed by atoms with Crippen molar-refractivity contribution in [2.45, 2.75) is 4.90 Å². The standard InChI is InChI=1S/C13H10ClFN2O3S/c14-11-7-10(5-6-12(11)21(16,19)20)17-13(18)8-1-3-9(15)4-2-8/h1-7H,(H,17,18)(H2,16,19,20). The number of primary sulfonamides is 1. The first-order valence-corrected chi connectivity index (χ1v) is 7.59. The van der Waals surface area contributed by atoms with E-state index in [2.05, 4.69) is 5.32 Å². The van der Waals surface area contributed by atoms with Crippen LogP contribution in [0.2, 0.25) is 5.02 Å². The fourth-order valence-corrected chi connectivity index (χ4v) is 2.71. The number of halogens is 2. The van der Waals surface area contributed by atoms with Gasteiger partial charge in [-0.3, -0.25) is 4.79 Å². The zero-order valence-electron chi connectivity index (χ0n) is 10.5. The van der Waals surface area contributed by atoms with Crippen LogP contribution in [-0.2, 0) is 10.0 Å². The number of nitrogens with two attached hydrogens (primary N) is 1. The molecule has 3 N–H and O–H groups in total. The topological polar surface area (TPSA) is 89.3 Å². The van der Waals surface area contributed by atoms with Crippen LogP contribution in [0.4, 0.5) is 10.1 Å². The second-order valence-corrected chi connectivity index (χ2v) is 6.09. The molecule has 2 aromatic rings. The van der Waals surface area contributed by atoms with Crippen LogP contribution in [0.3, 0.4) is 0 Å². The molecule has 0 fully saturated rings. The van der Waals surface area contributed by atoms with Gasteiger partial charge >= 0.3 is 0 Å². The Kier molecular flexibility index (Phi) is 4.26. The summed E-state index contributed by atoms with van der Waals surface area (Å²) in [5.41, 5.74) is 0.546. The molecule has 2 aromatic carbocycles. The fraction of sp³-hybridized carbons (Fsp3) is 0. The maximum Gasteiger partial charge on any atom is 0.255 e. The predicted octanol–water partition coefficient (Wildman–Crippen LogP) is 2.38. The number of amides is 1. The molecule has 0 heterocycles. The van der Waals surface area contributed by atoms with Crippen LogP contribution < -0.4 is 10.5 Å². The maximum absolute atomic E-state index is 12.8. The molecule has 0 bridgehead atoms. The Bertz CT molecular complexity index is 792. The molecule has 21 heavy (non-hydrogen) atoms. The van der Waals surface area contributed by atoms with Gasteiger partial charge in [-0.1, -0.05) is 11.6 Å². The highest BCUT2D eigenvalue weighted by atomic mass is 35.5. The molecule has 0 saturated heterocycles. The molecule has 5 nitrogen and oxygen atoms in total.